The number of amides is 1. The monoisotopic (exact) mass is 348 g/mol. The van der Waals surface area contributed by atoms with Gasteiger partial charge in [-0.3, -0.25) is 0 Å². The molecule has 0 bridgehead atoms. The minimum Gasteiger partial charge on any atom is -0.593 e. The van der Waals surface area contributed by atoms with E-state index in [2.05, 4.69) is 16.9 Å². The molecule has 0 radical (unpaired) electrons. The zero-order valence-corrected chi connectivity index (χ0v) is 15.2. The molecule has 0 saturated carbocycles. The first-order valence-electron chi connectivity index (χ1n) is 8.22. The van der Waals surface area contributed by atoms with Gasteiger partial charge in [0.15, 0.2) is 0 Å². The zero-order chi connectivity index (χ0) is 17.5. The van der Waals surface area contributed by atoms with Crippen molar-refractivity contribution >= 4 is 29.2 Å². The summed E-state index contributed by atoms with van der Waals surface area (Å²) in [6.07, 6.45) is 2.77. The molecule has 1 fully saturated rings. The minimum atomic E-state index is -1.22. The molecule has 1 saturated heterocycles. The van der Waals surface area contributed by atoms with E-state index in [1.807, 2.05) is 39.0 Å². The molecule has 2 N–H and O–H groups in total. The molecule has 1 aromatic rings. The standard InChI is InChI=1S/C18H24N2O3S/c1-17(2,3)24(23)19-15-14-7-5-4-6-13(14)12-18(15)8-10-20(11-9-18)16(21)22/h4-7,12,19H,8-11H2,1-3H3,(H,21,22). The molecule has 3 rings (SSSR count). The average Bonchev–Trinajstić information content (AvgIpc) is 2.80. The molecular weight excluding hydrogens is 324 g/mol. The number of rotatable bonds is 2. The normalized spacial score (nSPS) is 20.5. The fraction of sp³-hybridized carbons (Fsp3) is 0.500. The fourth-order valence-corrected chi connectivity index (χ4v) is 4.19. The number of nitrogens with zero attached hydrogens (tertiary/aromatic N) is 1. The average molecular weight is 348 g/mol. The molecule has 2 aliphatic rings. The number of hydrogen-bond donors (Lipinski definition) is 2. The molecule has 1 atom stereocenters. The van der Waals surface area contributed by atoms with Crippen LogP contribution in [0.2, 0.25) is 0 Å². The first-order valence-corrected chi connectivity index (χ1v) is 9.37. The number of nitrogens with one attached hydrogen (secondary N) is 1. The van der Waals surface area contributed by atoms with Crippen molar-refractivity contribution in [2.75, 3.05) is 13.1 Å². The van der Waals surface area contributed by atoms with Gasteiger partial charge >= 0.3 is 6.09 Å². The summed E-state index contributed by atoms with van der Waals surface area (Å²) in [5.41, 5.74) is 0.729. The summed E-state index contributed by atoms with van der Waals surface area (Å²) in [6, 6.07) is 8.10. The summed E-state index contributed by atoms with van der Waals surface area (Å²) < 4.78 is 15.6. The number of carbonyl (C=O) groups is 1. The van der Waals surface area contributed by atoms with Crippen molar-refractivity contribution in [3.05, 3.63) is 34.7 Å². The van der Waals surface area contributed by atoms with Crippen molar-refractivity contribution in [1.29, 1.82) is 0 Å². The Morgan fingerprint density at radius 3 is 2.50 bits per heavy atom. The smallest absolute Gasteiger partial charge is 0.407 e. The molecule has 6 heteroatoms. The second-order valence-electron chi connectivity index (χ2n) is 7.52. The third-order valence-corrected chi connectivity index (χ3v) is 6.34. The van der Waals surface area contributed by atoms with Gasteiger partial charge in [-0.05, 0) is 38.8 Å². The van der Waals surface area contributed by atoms with E-state index in [1.54, 1.807) is 0 Å². The predicted molar refractivity (Wildman–Crippen MR) is 95.9 cm³/mol. The van der Waals surface area contributed by atoms with E-state index in [-0.39, 0.29) is 10.2 Å². The number of hydrogen-bond acceptors (Lipinski definition) is 3. The Kier molecular flexibility index (Phi) is 4.30. The molecule has 1 aliphatic carbocycles. The third-order valence-electron chi connectivity index (χ3n) is 4.84. The summed E-state index contributed by atoms with van der Waals surface area (Å²) >= 11 is -1.22. The summed E-state index contributed by atoms with van der Waals surface area (Å²) in [6.45, 7) is 6.82. The summed E-state index contributed by atoms with van der Waals surface area (Å²) in [5.74, 6) is 0. The molecule has 5 nitrogen and oxygen atoms in total. The van der Waals surface area contributed by atoms with Crippen LogP contribution in [-0.4, -0.2) is 38.5 Å². The topological polar surface area (TPSA) is 75.6 Å². The van der Waals surface area contributed by atoms with Gasteiger partial charge in [-0.1, -0.05) is 30.3 Å². The fourth-order valence-electron chi connectivity index (χ4n) is 3.38. The molecule has 0 aromatic heterocycles. The number of piperidine rings is 1. The van der Waals surface area contributed by atoms with Crippen molar-refractivity contribution in [2.24, 2.45) is 5.41 Å². The van der Waals surface area contributed by atoms with Gasteiger partial charge in [0, 0.05) is 23.7 Å². The highest BCUT2D eigenvalue weighted by molar-refractivity contribution is 7.91. The molecule has 24 heavy (non-hydrogen) atoms. The van der Waals surface area contributed by atoms with Crippen LogP contribution in [0.5, 0.6) is 0 Å². The van der Waals surface area contributed by atoms with Crippen molar-refractivity contribution in [2.45, 2.75) is 38.4 Å². The molecule has 1 amide bonds. The Hall–Kier alpha value is -1.66. The van der Waals surface area contributed by atoms with E-state index in [9.17, 15) is 14.5 Å². The number of fused-ring (bicyclic) bond motifs is 1. The van der Waals surface area contributed by atoms with Gasteiger partial charge in [-0.25, -0.2) is 9.52 Å². The first-order chi connectivity index (χ1) is 11.2. The highest BCUT2D eigenvalue weighted by Gasteiger charge is 2.43. The lowest BCUT2D eigenvalue weighted by Crippen LogP contribution is -2.47. The summed E-state index contributed by atoms with van der Waals surface area (Å²) in [7, 11) is 0. The second kappa shape index (κ2) is 6.01. The molecule has 1 aromatic carbocycles. The third kappa shape index (κ3) is 3.00. The lowest BCUT2D eigenvalue weighted by Gasteiger charge is -2.39. The highest BCUT2D eigenvalue weighted by atomic mass is 32.2. The second-order valence-corrected chi connectivity index (χ2v) is 9.48. The molecule has 1 unspecified atom stereocenters. The van der Waals surface area contributed by atoms with Gasteiger partial charge in [0.25, 0.3) is 0 Å². The van der Waals surface area contributed by atoms with E-state index >= 15 is 0 Å². The van der Waals surface area contributed by atoms with E-state index in [0.29, 0.717) is 25.9 Å². The Bertz CT molecular complexity index is 761. The number of benzene rings is 1. The van der Waals surface area contributed by atoms with Gasteiger partial charge in [0.05, 0.1) is 17.1 Å². The van der Waals surface area contributed by atoms with E-state index in [1.165, 1.54) is 4.90 Å². The molecular formula is C18H24N2O3S. The Morgan fingerprint density at radius 2 is 1.92 bits per heavy atom. The molecule has 1 spiro atoms. The van der Waals surface area contributed by atoms with Crippen LogP contribution in [0.4, 0.5) is 4.79 Å². The van der Waals surface area contributed by atoms with Crippen molar-refractivity contribution in [3.63, 3.8) is 0 Å². The van der Waals surface area contributed by atoms with Crippen LogP contribution in [0.25, 0.3) is 11.8 Å². The van der Waals surface area contributed by atoms with Crippen molar-refractivity contribution in [3.8, 4) is 0 Å². The largest absolute Gasteiger partial charge is 0.593 e. The number of carboxylic acid groups (broad SMARTS) is 1. The maximum absolute atomic E-state index is 12.7. The van der Waals surface area contributed by atoms with Crippen LogP contribution in [0.15, 0.2) is 24.3 Å². The van der Waals surface area contributed by atoms with Gasteiger partial charge in [0.1, 0.15) is 4.75 Å². The van der Waals surface area contributed by atoms with E-state index in [4.69, 9.17) is 0 Å². The SMILES string of the molecule is CC(C)(C)[S+]([O-])NC1=c2ccccc2=CC12CCN(C(=O)O)CC2. The number of likely N-dealkylation sites (tertiary alicyclic amines) is 1. The van der Waals surface area contributed by atoms with Gasteiger partial charge in [0.2, 0.25) is 0 Å². The van der Waals surface area contributed by atoms with Crippen LogP contribution in [0, 0.1) is 5.41 Å². The Morgan fingerprint density at radius 1 is 1.29 bits per heavy atom. The van der Waals surface area contributed by atoms with Crippen LogP contribution in [-0.2, 0) is 11.4 Å². The first kappa shape index (κ1) is 17.2. The lowest BCUT2D eigenvalue weighted by atomic mass is 9.77. The van der Waals surface area contributed by atoms with Crippen molar-refractivity contribution < 1.29 is 14.5 Å². The van der Waals surface area contributed by atoms with Crippen LogP contribution in [0.1, 0.15) is 33.6 Å². The van der Waals surface area contributed by atoms with Gasteiger partial charge < -0.3 is 14.6 Å². The van der Waals surface area contributed by atoms with Crippen molar-refractivity contribution in [1.82, 2.24) is 9.62 Å². The summed E-state index contributed by atoms with van der Waals surface area (Å²) in [4.78, 5) is 12.7. The Labute approximate surface area is 145 Å². The van der Waals surface area contributed by atoms with E-state index < -0.39 is 17.5 Å². The van der Waals surface area contributed by atoms with Gasteiger partial charge in [-0.2, -0.15) is 0 Å². The van der Waals surface area contributed by atoms with Crippen LogP contribution >= 0.6 is 0 Å². The minimum absolute atomic E-state index is 0.253. The quantitative estimate of drug-likeness (QED) is 0.792. The lowest BCUT2D eigenvalue weighted by molar-refractivity contribution is 0.123. The Balaban J connectivity index is 1.99. The highest BCUT2D eigenvalue weighted by Crippen LogP contribution is 2.41. The van der Waals surface area contributed by atoms with Crippen LogP contribution in [0.3, 0.4) is 0 Å². The van der Waals surface area contributed by atoms with Crippen LogP contribution < -0.4 is 15.2 Å². The van der Waals surface area contributed by atoms with E-state index in [0.717, 1.165) is 16.1 Å². The molecule has 130 valence electrons. The summed E-state index contributed by atoms with van der Waals surface area (Å²) in [5, 5.41) is 11.4. The maximum Gasteiger partial charge on any atom is 0.407 e. The predicted octanol–water partition coefficient (Wildman–Crippen LogP) is 1.40. The maximum atomic E-state index is 12.7. The molecule has 1 heterocycles. The molecule has 1 aliphatic heterocycles. The zero-order valence-electron chi connectivity index (χ0n) is 14.3. The van der Waals surface area contributed by atoms with Gasteiger partial charge in [-0.15, -0.1) is 0 Å².